The van der Waals surface area contributed by atoms with E-state index in [0.29, 0.717) is 0 Å². The lowest BCUT2D eigenvalue weighted by Gasteiger charge is -2.34. The maximum atomic E-state index is 11.5. The van der Waals surface area contributed by atoms with Gasteiger partial charge in [0.2, 0.25) is 0 Å². The molecule has 8 nitrogen and oxygen atoms in total. The lowest BCUT2D eigenvalue weighted by molar-refractivity contribution is -0.189. The Morgan fingerprint density at radius 1 is 1.24 bits per heavy atom. The van der Waals surface area contributed by atoms with E-state index in [1.807, 2.05) is 4.98 Å². The van der Waals surface area contributed by atoms with Gasteiger partial charge < -0.3 is 25.0 Å². The van der Waals surface area contributed by atoms with E-state index in [-0.39, 0.29) is 12.2 Å². The zero-order valence-corrected chi connectivity index (χ0v) is 8.66. The van der Waals surface area contributed by atoms with E-state index in [0.717, 1.165) is 6.20 Å². The summed E-state index contributed by atoms with van der Waals surface area (Å²) in [5, 5.41) is 28.4. The second-order valence-corrected chi connectivity index (χ2v) is 3.83. The van der Waals surface area contributed by atoms with Crippen molar-refractivity contribution in [1.29, 1.82) is 0 Å². The Bertz CT molecular complexity index is 509. The molecule has 1 aromatic heterocycles. The Balaban J connectivity index is 2.34. The topological polar surface area (TPSA) is 136 Å². The van der Waals surface area contributed by atoms with Crippen LogP contribution in [0.4, 0.5) is 0 Å². The molecule has 0 bridgehead atoms. The predicted octanol–water partition coefficient (Wildman–Crippen LogP) is -2.78. The fourth-order valence-electron chi connectivity index (χ4n) is 1.71. The molecule has 17 heavy (non-hydrogen) atoms. The highest BCUT2D eigenvalue weighted by Gasteiger charge is 2.39. The fourth-order valence-corrected chi connectivity index (χ4v) is 1.71. The molecule has 2 heterocycles. The van der Waals surface area contributed by atoms with Gasteiger partial charge in [-0.25, -0.2) is 4.79 Å². The van der Waals surface area contributed by atoms with Crippen molar-refractivity contribution in [3.05, 3.63) is 32.6 Å². The molecule has 8 heteroatoms. The molecule has 1 aliphatic heterocycles. The minimum absolute atomic E-state index is 0.0111. The molecule has 2 rings (SSSR count). The number of nitrogens with one attached hydrogen (secondary N) is 2. The van der Waals surface area contributed by atoms with Crippen molar-refractivity contribution in [2.45, 2.75) is 24.4 Å². The first kappa shape index (κ1) is 12.0. The Labute approximate surface area is 94.5 Å². The van der Waals surface area contributed by atoms with Gasteiger partial charge >= 0.3 is 5.69 Å². The molecule has 0 saturated carbocycles. The van der Waals surface area contributed by atoms with Crippen LogP contribution in [0.15, 0.2) is 15.8 Å². The number of aliphatic hydroxyl groups is 3. The van der Waals surface area contributed by atoms with Gasteiger partial charge in [-0.2, -0.15) is 0 Å². The number of aromatic nitrogens is 2. The first-order valence-corrected chi connectivity index (χ1v) is 4.98. The minimum atomic E-state index is -1.44. The lowest BCUT2D eigenvalue weighted by atomic mass is 9.96. The summed E-state index contributed by atoms with van der Waals surface area (Å²) >= 11 is 0. The molecule has 4 atom stereocenters. The summed E-state index contributed by atoms with van der Waals surface area (Å²) < 4.78 is 5.08. The Morgan fingerprint density at radius 3 is 2.59 bits per heavy atom. The number of hydrogen-bond donors (Lipinski definition) is 5. The zero-order chi connectivity index (χ0) is 12.6. The molecule has 0 radical (unpaired) electrons. The largest absolute Gasteiger partial charge is 0.388 e. The first-order valence-electron chi connectivity index (χ1n) is 4.98. The number of hydrogen-bond acceptors (Lipinski definition) is 6. The SMILES string of the molecule is O=c1[nH]cc(C2OCC(O)C(O)C2O)c(=O)[nH]1. The van der Waals surface area contributed by atoms with Crippen LogP contribution in [-0.2, 0) is 4.74 Å². The lowest BCUT2D eigenvalue weighted by Crippen LogP contribution is -2.50. The van der Waals surface area contributed by atoms with Gasteiger partial charge in [0.05, 0.1) is 12.2 Å². The average molecular weight is 244 g/mol. The van der Waals surface area contributed by atoms with Crippen LogP contribution in [0, 0.1) is 0 Å². The Hall–Kier alpha value is -1.48. The second-order valence-electron chi connectivity index (χ2n) is 3.83. The molecule has 0 aliphatic carbocycles. The Morgan fingerprint density at radius 2 is 1.94 bits per heavy atom. The van der Waals surface area contributed by atoms with Gasteiger partial charge in [-0.1, -0.05) is 0 Å². The molecule has 0 spiro atoms. The molecule has 94 valence electrons. The molecule has 1 aliphatic rings. The van der Waals surface area contributed by atoms with E-state index in [1.165, 1.54) is 0 Å². The van der Waals surface area contributed by atoms with Crippen LogP contribution in [0.5, 0.6) is 0 Å². The number of rotatable bonds is 1. The zero-order valence-electron chi connectivity index (χ0n) is 8.66. The van der Waals surface area contributed by atoms with Crippen LogP contribution in [0.1, 0.15) is 11.7 Å². The fraction of sp³-hybridized carbons (Fsp3) is 0.556. The maximum absolute atomic E-state index is 11.5. The van der Waals surface area contributed by atoms with E-state index in [2.05, 4.69) is 4.98 Å². The van der Waals surface area contributed by atoms with Gasteiger partial charge in [-0.15, -0.1) is 0 Å². The van der Waals surface area contributed by atoms with Gasteiger partial charge in [0.15, 0.2) is 0 Å². The molecular weight excluding hydrogens is 232 g/mol. The van der Waals surface area contributed by atoms with E-state index in [1.54, 1.807) is 0 Å². The summed E-state index contributed by atoms with van der Waals surface area (Å²) in [7, 11) is 0. The molecule has 1 saturated heterocycles. The summed E-state index contributed by atoms with van der Waals surface area (Å²) in [4.78, 5) is 26.5. The minimum Gasteiger partial charge on any atom is -0.388 e. The monoisotopic (exact) mass is 244 g/mol. The van der Waals surface area contributed by atoms with E-state index >= 15 is 0 Å². The van der Waals surface area contributed by atoms with Crippen LogP contribution >= 0.6 is 0 Å². The van der Waals surface area contributed by atoms with Crippen molar-refractivity contribution in [2.75, 3.05) is 6.61 Å². The average Bonchev–Trinajstić information content (AvgIpc) is 2.28. The van der Waals surface area contributed by atoms with Crippen LogP contribution in [-0.4, -0.2) is 50.2 Å². The molecule has 0 amide bonds. The highest BCUT2D eigenvalue weighted by Crippen LogP contribution is 2.26. The van der Waals surface area contributed by atoms with Crippen LogP contribution in [0.25, 0.3) is 0 Å². The maximum Gasteiger partial charge on any atom is 0.325 e. The summed E-state index contributed by atoms with van der Waals surface area (Å²) in [6.07, 6.45) is -4.03. The van der Waals surface area contributed by atoms with Gasteiger partial charge in [-0.3, -0.25) is 9.78 Å². The third kappa shape index (κ3) is 2.15. The van der Waals surface area contributed by atoms with Crippen molar-refractivity contribution in [3.63, 3.8) is 0 Å². The summed E-state index contributed by atoms with van der Waals surface area (Å²) in [6, 6.07) is 0. The van der Waals surface area contributed by atoms with Crippen molar-refractivity contribution in [2.24, 2.45) is 0 Å². The van der Waals surface area contributed by atoms with Crippen molar-refractivity contribution < 1.29 is 20.1 Å². The van der Waals surface area contributed by atoms with Gasteiger partial charge in [0.25, 0.3) is 5.56 Å². The molecule has 5 N–H and O–H groups in total. The smallest absolute Gasteiger partial charge is 0.325 e. The number of aliphatic hydroxyl groups excluding tert-OH is 3. The molecule has 1 fully saturated rings. The van der Waals surface area contributed by atoms with E-state index in [4.69, 9.17) is 4.74 Å². The van der Waals surface area contributed by atoms with Crippen LogP contribution in [0.2, 0.25) is 0 Å². The molecule has 0 aromatic carbocycles. The van der Waals surface area contributed by atoms with Crippen molar-refractivity contribution in [1.82, 2.24) is 9.97 Å². The van der Waals surface area contributed by atoms with Gasteiger partial charge in [0, 0.05) is 6.20 Å². The summed E-state index contributed by atoms with van der Waals surface area (Å²) in [5.74, 6) is 0. The quantitative estimate of drug-likeness (QED) is 0.362. The highest BCUT2D eigenvalue weighted by molar-refractivity contribution is 5.12. The van der Waals surface area contributed by atoms with E-state index < -0.39 is 35.7 Å². The van der Waals surface area contributed by atoms with E-state index in [9.17, 15) is 24.9 Å². The number of H-pyrrole nitrogens is 2. The predicted molar refractivity (Wildman–Crippen MR) is 54.4 cm³/mol. The second kappa shape index (κ2) is 4.41. The van der Waals surface area contributed by atoms with Gasteiger partial charge in [0.1, 0.15) is 24.4 Å². The van der Waals surface area contributed by atoms with Crippen LogP contribution < -0.4 is 11.2 Å². The standard InChI is InChI=1S/C9H12N2O6/c12-4-2-17-7(6(14)5(4)13)3-1-10-9(16)11-8(3)15/h1,4-7,12-14H,2H2,(H2,10,11,15,16). The Kier molecular flexibility index (Phi) is 3.11. The first-order chi connectivity index (χ1) is 8.00. The molecule has 1 aromatic rings. The summed E-state index contributed by atoms with van der Waals surface area (Å²) in [6.45, 7) is -0.207. The third-order valence-corrected chi connectivity index (χ3v) is 2.66. The third-order valence-electron chi connectivity index (χ3n) is 2.66. The highest BCUT2D eigenvalue weighted by atomic mass is 16.5. The normalized spacial score (nSPS) is 33.6. The van der Waals surface area contributed by atoms with Crippen molar-refractivity contribution in [3.8, 4) is 0 Å². The number of ether oxygens (including phenoxy) is 1. The van der Waals surface area contributed by atoms with Gasteiger partial charge in [-0.05, 0) is 0 Å². The summed E-state index contributed by atoms with van der Waals surface area (Å²) in [5.41, 5.74) is -1.39. The van der Waals surface area contributed by atoms with Crippen LogP contribution in [0.3, 0.4) is 0 Å². The van der Waals surface area contributed by atoms with Crippen molar-refractivity contribution >= 4 is 0 Å². The molecular formula is C9H12N2O6. The number of aromatic amines is 2. The molecule has 4 unspecified atom stereocenters.